The van der Waals surface area contributed by atoms with Gasteiger partial charge in [0, 0.05) is 24.2 Å². The highest BCUT2D eigenvalue weighted by Gasteiger charge is 2.39. The van der Waals surface area contributed by atoms with Crippen LogP contribution in [0.4, 0.5) is 4.39 Å². The van der Waals surface area contributed by atoms with Gasteiger partial charge in [0.25, 0.3) is 0 Å². The number of hydrogen-bond acceptors (Lipinski definition) is 4. The molecule has 134 valence electrons. The molecule has 2 aromatic carbocycles. The largest absolute Gasteiger partial charge is 0.497 e. The molecule has 0 saturated heterocycles. The van der Waals surface area contributed by atoms with E-state index in [0.717, 1.165) is 12.8 Å². The molecule has 25 heavy (non-hydrogen) atoms. The average molecular weight is 365 g/mol. The first kappa shape index (κ1) is 17.7. The van der Waals surface area contributed by atoms with Gasteiger partial charge in [-0.1, -0.05) is 18.2 Å². The summed E-state index contributed by atoms with van der Waals surface area (Å²) in [5.41, 5.74) is 0.347. The predicted octanol–water partition coefficient (Wildman–Crippen LogP) is 3.20. The van der Waals surface area contributed by atoms with Crippen LogP contribution in [0, 0.1) is 5.82 Å². The Labute approximate surface area is 147 Å². The van der Waals surface area contributed by atoms with Crippen LogP contribution in [-0.2, 0) is 16.6 Å². The third-order valence-electron chi connectivity index (χ3n) is 4.20. The van der Waals surface area contributed by atoms with Crippen LogP contribution >= 0.6 is 0 Å². The average Bonchev–Trinajstić information content (AvgIpc) is 3.45. The molecule has 0 bridgehead atoms. The van der Waals surface area contributed by atoms with Crippen LogP contribution in [-0.4, -0.2) is 33.0 Å². The zero-order valence-corrected chi connectivity index (χ0v) is 14.9. The lowest BCUT2D eigenvalue weighted by Crippen LogP contribution is -2.33. The summed E-state index contributed by atoms with van der Waals surface area (Å²) >= 11 is 0. The number of ether oxygens (including phenoxy) is 2. The highest BCUT2D eigenvalue weighted by molar-refractivity contribution is 7.89. The monoisotopic (exact) mass is 365 g/mol. The van der Waals surface area contributed by atoms with Crippen molar-refractivity contribution < 1.29 is 22.3 Å². The maximum absolute atomic E-state index is 14.0. The van der Waals surface area contributed by atoms with Crippen molar-refractivity contribution in [3.8, 4) is 11.5 Å². The highest BCUT2D eigenvalue weighted by Crippen LogP contribution is 2.37. The molecule has 0 aromatic heterocycles. The third-order valence-corrected chi connectivity index (χ3v) is 6.12. The van der Waals surface area contributed by atoms with Crippen molar-refractivity contribution in [3.63, 3.8) is 0 Å². The molecule has 0 unspecified atom stereocenters. The number of sulfonamides is 1. The van der Waals surface area contributed by atoms with Crippen LogP contribution in [0.1, 0.15) is 18.4 Å². The second kappa shape index (κ2) is 7.01. The van der Waals surface area contributed by atoms with E-state index in [1.54, 1.807) is 30.3 Å². The lowest BCUT2D eigenvalue weighted by molar-refractivity contribution is 0.373. The Hall–Kier alpha value is -2.12. The summed E-state index contributed by atoms with van der Waals surface area (Å²) in [7, 11) is -0.982. The van der Waals surface area contributed by atoms with E-state index >= 15 is 0 Å². The summed E-state index contributed by atoms with van der Waals surface area (Å²) in [6.45, 7) is -0.0139. The number of hydrogen-bond donors (Lipinski definition) is 0. The summed E-state index contributed by atoms with van der Waals surface area (Å²) in [6.07, 6.45) is 1.53. The first-order valence-corrected chi connectivity index (χ1v) is 9.38. The molecule has 0 radical (unpaired) electrons. The van der Waals surface area contributed by atoms with Crippen LogP contribution in [0.25, 0.3) is 0 Å². The molecule has 0 spiro atoms. The Kier molecular flexibility index (Phi) is 4.96. The molecule has 1 saturated carbocycles. The van der Waals surface area contributed by atoms with E-state index in [4.69, 9.17) is 9.47 Å². The van der Waals surface area contributed by atoms with Gasteiger partial charge >= 0.3 is 0 Å². The molecule has 5 nitrogen and oxygen atoms in total. The zero-order valence-electron chi connectivity index (χ0n) is 14.1. The van der Waals surface area contributed by atoms with Gasteiger partial charge in [-0.2, -0.15) is 4.31 Å². The van der Waals surface area contributed by atoms with Crippen molar-refractivity contribution in [2.24, 2.45) is 0 Å². The van der Waals surface area contributed by atoms with Crippen molar-refractivity contribution in [3.05, 3.63) is 53.8 Å². The van der Waals surface area contributed by atoms with E-state index < -0.39 is 15.8 Å². The maximum atomic E-state index is 14.0. The first-order valence-electron chi connectivity index (χ1n) is 7.94. The Morgan fingerprint density at radius 3 is 2.44 bits per heavy atom. The molecule has 1 aliphatic rings. The minimum atomic E-state index is -3.87. The Balaban J connectivity index is 2.02. The fraction of sp³-hybridized carbons (Fsp3) is 0.333. The van der Waals surface area contributed by atoms with E-state index in [-0.39, 0.29) is 23.2 Å². The van der Waals surface area contributed by atoms with E-state index in [1.165, 1.54) is 30.7 Å². The van der Waals surface area contributed by atoms with Crippen LogP contribution in [0.2, 0.25) is 0 Å². The van der Waals surface area contributed by atoms with Gasteiger partial charge in [-0.25, -0.2) is 12.8 Å². The molecule has 0 atom stereocenters. The maximum Gasteiger partial charge on any atom is 0.247 e. The molecular weight excluding hydrogens is 345 g/mol. The van der Waals surface area contributed by atoms with Crippen molar-refractivity contribution in [1.82, 2.24) is 4.31 Å². The summed E-state index contributed by atoms with van der Waals surface area (Å²) in [5.74, 6) is 0.238. The van der Waals surface area contributed by atoms with Crippen molar-refractivity contribution in [2.45, 2.75) is 30.3 Å². The van der Waals surface area contributed by atoms with E-state index in [2.05, 4.69) is 0 Å². The second-order valence-corrected chi connectivity index (χ2v) is 7.75. The molecule has 1 aliphatic carbocycles. The van der Waals surface area contributed by atoms with Crippen LogP contribution in [0.3, 0.4) is 0 Å². The molecule has 7 heteroatoms. The second-order valence-electron chi connectivity index (χ2n) is 5.89. The number of benzene rings is 2. The standard InChI is InChI=1S/C18H20FNO4S/c1-23-15-9-10-17(24-2)18(11-15)25(21,22)20(14-7-8-14)12-13-5-3-4-6-16(13)19/h3-6,9-11,14H,7-8,12H2,1-2H3. The van der Waals surface area contributed by atoms with Gasteiger partial charge in [-0.05, 0) is 31.0 Å². The first-order chi connectivity index (χ1) is 12.0. The lowest BCUT2D eigenvalue weighted by Gasteiger charge is -2.23. The molecule has 1 fully saturated rings. The minimum absolute atomic E-state index is 0.0139. The lowest BCUT2D eigenvalue weighted by atomic mass is 10.2. The topological polar surface area (TPSA) is 55.8 Å². The van der Waals surface area contributed by atoms with Crippen molar-refractivity contribution in [2.75, 3.05) is 14.2 Å². The van der Waals surface area contributed by atoms with E-state index in [9.17, 15) is 12.8 Å². The van der Waals surface area contributed by atoms with Crippen molar-refractivity contribution in [1.29, 1.82) is 0 Å². The van der Waals surface area contributed by atoms with Gasteiger partial charge in [0.05, 0.1) is 14.2 Å². The van der Waals surface area contributed by atoms with E-state index in [0.29, 0.717) is 11.3 Å². The molecule has 0 N–H and O–H groups in total. The van der Waals surface area contributed by atoms with Crippen LogP contribution in [0.5, 0.6) is 11.5 Å². The number of rotatable bonds is 7. The summed E-state index contributed by atoms with van der Waals surface area (Å²) in [4.78, 5) is 0.0255. The molecule has 0 amide bonds. The van der Waals surface area contributed by atoms with Gasteiger partial charge in [-0.3, -0.25) is 0 Å². The van der Waals surface area contributed by atoms with Gasteiger partial charge in [0.2, 0.25) is 10.0 Å². The van der Waals surface area contributed by atoms with Crippen LogP contribution in [0.15, 0.2) is 47.4 Å². The normalized spacial score (nSPS) is 14.6. The Bertz CT molecular complexity index is 865. The Morgan fingerprint density at radius 1 is 1.12 bits per heavy atom. The van der Waals surface area contributed by atoms with Gasteiger partial charge in [-0.15, -0.1) is 0 Å². The molecule has 2 aromatic rings. The number of halogens is 1. The molecule has 3 rings (SSSR count). The zero-order chi connectivity index (χ0) is 18.0. The molecule has 0 aliphatic heterocycles. The minimum Gasteiger partial charge on any atom is -0.497 e. The Morgan fingerprint density at radius 2 is 1.84 bits per heavy atom. The van der Waals surface area contributed by atoms with Gasteiger partial charge < -0.3 is 9.47 Å². The predicted molar refractivity (Wildman–Crippen MR) is 91.7 cm³/mol. The smallest absolute Gasteiger partial charge is 0.247 e. The SMILES string of the molecule is COc1ccc(OC)c(S(=O)(=O)N(Cc2ccccc2F)C2CC2)c1. The van der Waals surface area contributed by atoms with E-state index in [1.807, 2.05) is 0 Å². The summed E-state index contributed by atoms with van der Waals surface area (Å²) < 4.78 is 52.2. The quantitative estimate of drug-likeness (QED) is 0.756. The number of nitrogens with zero attached hydrogens (tertiary/aromatic N) is 1. The fourth-order valence-corrected chi connectivity index (χ4v) is 4.51. The fourth-order valence-electron chi connectivity index (χ4n) is 2.68. The van der Waals surface area contributed by atoms with Crippen molar-refractivity contribution >= 4 is 10.0 Å². The summed E-state index contributed by atoms with van der Waals surface area (Å²) in [6, 6.07) is 10.7. The number of methoxy groups -OCH3 is 2. The van der Waals surface area contributed by atoms with Gasteiger partial charge in [0.15, 0.2) is 0 Å². The highest BCUT2D eigenvalue weighted by atomic mass is 32.2. The van der Waals surface area contributed by atoms with Gasteiger partial charge in [0.1, 0.15) is 22.2 Å². The molecule has 0 heterocycles. The molecular formula is C18H20FNO4S. The third kappa shape index (κ3) is 3.62. The van der Waals surface area contributed by atoms with Crippen LogP contribution < -0.4 is 9.47 Å². The summed E-state index contributed by atoms with van der Waals surface area (Å²) in [5, 5.41) is 0.